The lowest BCUT2D eigenvalue weighted by atomic mass is 10.1. The summed E-state index contributed by atoms with van der Waals surface area (Å²) >= 11 is 3.38. The van der Waals surface area contributed by atoms with E-state index in [0.717, 1.165) is 26.7 Å². The van der Waals surface area contributed by atoms with E-state index in [2.05, 4.69) is 15.9 Å². The largest absolute Gasteiger partial charge is 0.289 e. The van der Waals surface area contributed by atoms with Crippen LogP contribution in [-0.2, 0) is 0 Å². The summed E-state index contributed by atoms with van der Waals surface area (Å²) in [6.07, 6.45) is 0. The molecule has 0 saturated carbocycles. The molecule has 2 aromatic rings. The Morgan fingerprint density at radius 3 is 2.27 bits per heavy atom. The van der Waals surface area contributed by atoms with E-state index in [9.17, 15) is 4.79 Å². The Morgan fingerprint density at radius 1 is 0.800 bits per heavy atom. The lowest BCUT2D eigenvalue weighted by Gasteiger charge is -1.98. The quantitative estimate of drug-likeness (QED) is 0.602. The SMILES string of the molecule is O=C1c2ccccc2-c2ccc(Br)cc21. The summed E-state index contributed by atoms with van der Waals surface area (Å²) in [6, 6.07) is 13.6. The Hall–Kier alpha value is -1.41. The van der Waals surface area contributed by atoms with Crippen molar-refractivity contribution in [2.75, 3.05) is 0 Å². The van der Waals surface area contributed by atoms with Gasteiger partial charge in [-0.3, -0.25) is 4.79 Å². The summed E-state index contributed by atoms with van der Waals surface area (Å²) in [4.78, 5) is 12.0. The van der Waals surface area contributed by atoms with Crippen LogP contribution in [0.15, 0.2) is 46.9 Å². The van der Waals surface area contributed by atoms with Crippen molar-refractivity contribution in [2.24, 2.45) is 0 Å². The first kappa shape index (κ1) is 8.86. The predicted octanol–water partition coefficient (Wildman–Crippen LogP) is 3.66. The number of carbonyl (C=O) groups excluding carboxylic acids is 1. The van der Waals surface area contributed by atoms with E-state index in [0.29, 0.717) is 0 Å². The minimum Gasteiger partial charge on any atom is -0.289 e. The molecule has 0 amide bonds. The Bertz CT molecular complexity index is 572. The van der Waals surface area contributed by atoms with Gasteiger partial charge in [-0.15, -0.1) is 0 Å². The molecule has 0 fully saturated rings. The zero-order valence-electron chi connectivity index (χ0n) is 7.83. The molecule has 1 aliphatic carbocycles. The van der Waals surface area contributed by atoms with Crippen molar-refractivity contribution in [1.82, 2.24) is 0 Å². The molecule has 1 aliphatic rings. The molecule has 0 spiro atoms. The molecule has 0 aromatic heterocycles. The average molecular weight is 259 g/mol. The van der Waals surface area contributed by atoms with Crippen molar-refractivity contribution in [3.05, 3.63) is 58.1 Å². The fourth-order valence-electron chi connectivity index (χ4n) is 2.00. The Balaban J connectivity index is 2.38. The van der Waals surface area contributed by atoms with Crippen LogP contribution in [0.1, 0.15) is 15.9 Å². The van der Waals surface area contributed by atoms with Crippen molar-refractivity contribution in [1.29, 1.82) is 0 Å². The molecule has 1 nitrogen and oxygen atoms in total. The van der Waals surface area contributed by atoms with E-state index < -0.39 is 0 Å². The van der Waals surface area contributed by atoms with Gasteiger partial charge in [-0.2, -0.15) is 0 Å². The van der Waals surface area contributed by atoms with Crippen LogP contribution in [-0.4, -0.2) is 5.78 Å². The number of hydrogen-bond acceptors (Lipinski definition) is 1. The van der Waals surface area contributed by atoms with Gasteiger partial charge in [-0.05, 0) is 23.3 Å². The molecule has 0 N–H and O–H groups in total. The molecule has 0 heterocycles. The lowest BCUT2D eigenvalue weighted by molar-refractivity contribution is 0.104. The van der Waals surface area contributed by atoms with Crippen molar-refractivity contribution in [3.8, 4) is 11.1 Å². The second-order valence-electron chi connectivity index (χ2n) is 3.56. The van der Waals surface area contributed by atoms with Gasteiger partial charge < -0.3 is 0 Å². The monoisotopic (exact) mass is 258 g/mol. The van der Waals surface area contributed by atoms with Crippen LogP contribution in [0, 0.1) is 0 Å². The third-order valence-corrected chi connectivity index (χ3v) is 3.18. The minimum atomic E-state index is 0.127. The number of hydrogen-bond donors (Lipinski definition) is 0. The van der Waals surface area contributed by atoms with Gasteiger partial charge in [0.15, 0.2) is 5.78 Å². The molecule has 0 aliphatic heterocycles. The summed E-state index contributed by atoms with van der Waals surface area (Å²) in [5.74, 6) is 0.127. The first-order valence-electron chi connectivity index (χ1n) is 4.71. The van der Waals surface area contributed by atoms with Gasteiger partial charge >= 0.3 is 0 Å². The Morgan fingerprint density at radius 2 is 1.47 bits per heavy atom. The molecule has 15 heavy (non-hydrogen) atoms. The minimum absolute atomic E-state index is 0.127. The van der Waals surface area contributed by atoms with Gasteiger partial charge in [0.1, 0.15) is 0 Å². The van der Waals surface area contributed by atoms with Gasteiger partial charge in [0, 0.05) is 15.6 Å². The molecular weight excluding hydrogens is 252 g/mol. The Labute approximate surface area is 95.9 Å². The molecule has 3 rings (SSSR count). The zero-order valence-corrected chi connectivity index (χ0v) is 9.41. The standard InChI is InChI=1S/C13H7BrO/c14-8-5-6-10-9-3-1-2-4-11(9)13(15)12(10)7-8/h1-7H. The highest BCUT2D eigenvalue weighted by atomic mass is 79.9. The fraction of sp³-hybridized carbons (Fsp3) is 0. The number of fused-ring (bicyclic) bond motifs is 3. The van der Waals surface area contributed by atoms with Crippen LogP contribution in [0.25, 0.3) is 11.1 Å². The van der Waals surface area contributed by atoms with Gasteiger partial charge in [-0.1, -0.05) is 46.3 Å². The second-order valence-corrected chi connectivity index (χ2v) is 4.48. The third-order valence-electron chi connectivity index (χ3n) is 2.69. The van der Waals surface area contributed by atoms with E-state index in [1.165, 1.54) is 0 Å². The summed E-state index contributed by atoms with van der Waals surface area (Å²) in [5.41, 5.74) is 3.69. The van der Waals surface area contributed by atoms with Crippen LogP contribution < -0.4 is 0 Å². The van der Waals surface area contributed by atoms with E-state index in [1.54, 1.807) is 0 Å². The summed E-state index contributed by atoms with van der Waals surface area (Å²) < 4.78 is 0.947. The number of benzene rings is 2. The van der Waals surface area contributed by atoms with E-state index in [-0.39, 0.29) is 5.78 Å². The van der Waals surface area contributed by atoms with Crippen LogP contribution in [0.2, 0.25) is 0 Å². The first-order chi connectivity index (χ1) is 7.27. The highest BCUT2D eigenvalue weighted by molar-refractivity contribution is 9.10. The molecular formula is C13H7BrO. The smallest absolute Gasteiger partial charge is 0.194 e. The van der Waals surface area contributed by atoms with Crippen molar-refractivity contribution < 1.29 is 4.79 Å². The van der Waals surface area contributed by atoms with E-state index in [1.807, 2.05) is 42.5 Å². The molecule has 0 unspecified atom stereocenters. The van der Waals surface area contributed by atoms with Gasteiger partial charge in [0.2, 0.25) is 0 Å². The van der Waals surface area contributed by atoms with E-state index in [4.69, 9.17) is 0 Å². The second kappa shape index (κ2) is 3.04. The fourth-order valence-corrected chi connectivity index (χ4v) is 2.36. The maximum atomic E-state index is 12.0. The van der Waals surface area contributed by atoms with Crippen molar-refractivity contribution >= 4 is 21.7 Å². The highest BCUT2D eigenvalue weighted by Gasteiger charge is 2.25. The van der Waals surface area contributed by atoms with Gasteiger partial charge in [0.05, 0.1) is 0 Å². The lowest BCUT2D eigenvalue weighted by Crippen LogP contribution is -1.94. The van der Waals surface area contributed by atoms with Crippen LogP contribution in [0.5, 0.6) is 0 Å². The molecule has 0 radical (unpaired) electrons. The van der Waals surface area contributed by atoms with E-state index >= 15 is 0 Å². The third kappa shape index (κ3) is 1.18. The molecule has 72 valence electrons. The van der Waals surface area contributed by atoms with Crippen molar-refractivity contribution in [2.45, 2.75) is 0 Å². The number of rotatable bonds is 0. The normalized spacial score (nSPS) is 12.5. The van der Waals surface area contributed by atoms with Crippen LogP contribution in [0.3, 0.4) is 0 Å². The number of halogens is 1. The molecule has 0 atom stereocenters. The highest BCUT2D eigenvalue weighted by Crippen LogP contribution is 2.37. The molecule has 0 saturated heterocycles. The molecule has 2 aromatic carbocycles. The van der Waals surface area contributed by atoms with Crippen LogP contribution >= 0.6 is 15.9 Å². The summed E-state index contributed by atoms with van der Waals surface area (Å²) in [5, 5.41) is 0. The summed E-state index contributed by atoms with van der Waals surface area (Å²) in [6.45, 7) is 0. The number of carbonyl (C=O) groups is 1. The zero-order chi connectivity index (χ0) is 10.4. The maximum Gasteiger partial charge on any atom is 0.194 e. The number of ketones is 1. The first-order valence-corrected chi connectivity index (χ1v) is 5.50. The van der Waals surface area contributed by atoms with Crippen molar-refractivity contribution in [3.63, 3.8) is 0 Å². The maximum absolute atomic E-state index is 12.0. The topological polar surface area (TPSA) is 17.1 Å². The van der Waals surface area contributed by atoms with Crippen LogP contribution in [0.4, 0.5) is 0 Å². The predicted molar refractivity (Wildman–Crippen MR) is 63.0 cm³/mol. The average Bonchev–Trinajstić information content (AvgIpc) is 2.54. The molecule has 2 heteroatoms. The van der Waals surface area contributed by atoms with Gasteiger partial charge in [-0.25, -0.2) is 0 Å². The Kier molecular flexibility index (Phi) is 1.80. The molecule has 0 bridgehead atoms. The van der Waals surface area contributed by atoms with Gasteiger partial charge in [0.25, 0.3) is 0 Å². The summed E-state index contributed by atoms with van der Waals surface area (Å²) in [7, 11) is 0.